The average molecular weight is 494 g/mol. The SMILES string of the molecule is Cc1cc(C)c(C2=NC(=C3C=C([CH]=[Ru])C=CC3)N=C2c2c(C)cc(C)cc2C)c(C)c1. The normalized spacial score (nSPS) is 15.8. The summed E-state index contributed by atoms with van der Waals surface area (Å²) in [6.07, 6.45) is 7.38. The van der Waals surface area contributed by atoms with Gasteiger partial charge < -0.3 is 0 Å². The molecule has 31 heavy (non-hydrogen) atoms. The Morgan fingerprint density at radius 2 is 1.19 bits per heavy atom. The molecule has 0 saturated heterocycles. The van der Waals surface area contributed by atoms with Crippen molar-refractivity contribution in [2.75, 3.05) is 0 Å². The summed E-state index contributed by atoms with van der Waals surface area (Å²) in [5.74, 6) is 0.832. The number of nitrogens with zero attached hydrogens (tertiary/aromatic N) is 2. The Bertz CT molecular complexity index is 1140. The standard InChI is InChI=1S/C28H28N2.Ru/c1-16-9-8-10-23(15-16)28-29-26(24-19(4)11-17(2)12-20(24)5)27(30-28)25-21(6)13-18(3)14-22(25)7;/h1,8-9,11-15H,10H2,2-7H3;. The van der Waals surface area contributed by atoms with Gasteiger partial charge in [0, 0.05) is 0 Å². The summed E-state index contributed by atoms with van der Waals surface area (Å²) in [4.78, 5) is 10.3. The summed E-state index contributed by atoms with van der Waals surface area (Å²) in [6, 6.07) is 8.97. The van der Waals surface area contributed by atoms with E-state index in [0.29, 0.717) is 0 Å². The van der Waals surface area contributed by atoms with Gasteiger partial charge in [-0.05, 0) is 0 Å². The number of hydrogen-bond acceptors (Lipinski definition) is 2. The zero-order chi connectivity index (χ0) is 22.3. The van der Waals surface area contributed by atoms with E-state index in [0.717, 1.165) is 29.2 Å². The molecule has 1 aliphatic heterocycles. The fourth-order valence-corrected chi connectivity index (χ4v) is 5.10. The molecule has 1 aliphatic carbocycles. The molecule has 2 aromatic carbocycles. The van der Waals surface area contributed by atoms with Crippen LogP contribution in [0.1, 0.15) is 50.9 Å². The number of benzene rings is 2. The molecule has 0 fully saturated rings. The summed E-state index contributed by atoms with van der Waals surface area (Å²) >= 11 is 2.59. The zero-order valence-electron chi connectivity index (χ0n) is 19.1. The zero-order valence-corrected chi connectivity index (χ0v) is 20.8. The van der Waals surface area contributed by atoms with Crippen LogP contribution in [-0.4, -0.2) is 16.0 Å². The van der Waals surface area contributed by atoms with E-state index in [1.165, 1.54) is 50.1 Å². The summed E-state index contributed by atoms with van der Waals surface area (Å²) < 4.78 is 2.06. The molecular formula is C28H28N2Ru. The average Bonchev–Trinajstić information content (AvgIpc) is 3.11. The third-order valence-corrected chi connectivity index (χ3v) is 6.46. The summed E-state index contributed by atoms with van der Waals surface area (Å²) in [5, 5.41) is 0. The van der Waals surface area contributed by atoms with Crippen LogP contribution >= 0.6 is 0 Å². The molecule has 0 atom stereocenters. The van der Waals surface area contributed by atoms with Crippen LogP contribution in [0, 0.1) is 41.5 Å². The van der Waals surface area contributed by atoms with Crippen molar-refractivity contribution in [2.24, 2.45) is 9.98 Å². The quantitative estimate of drug-likeness (QED) is 0.450. The van der Waals surface area contributed by atoms with Crippen LogP contribution in [0.3, 0.4) is 0 Å². The molecule has 158 valence electrons. The van der Waals surface area contributed by atoms with Crippen LogP contribution in [0.25, 0.3) is 0 Å². The molecular weight excluding hydrogens is 465 g/mol. The summed E-state index contributed by atoms with van der Waals surface area (Å²) in [5.41, 5.74) is 14.3. The van der Waals surface area contributed by atoms with E-state index in [1.54, 1.807) is 0 Å². The monoisotopic (exact) mass is 494 g/mol. The van der Waals surface area contributed by atoms with Gasteiger partial charge in [-0.2, -0.15) is 0 Å². The second kappa shape index (κ2) is 8.56. The molecule has 4 rings (SSSR count). The van der Waals surface area contributed by atoms with Crippen molar-refractivity contribution in [1.29, 1.82) is 0 Å². The Labute approximate surface area is 195 Å². The summed E-state index contributed by atoms with van der Waals surface area (Å²) in [6.45, 7) is 13.0. The molecule has 1 heterocycles. The Morgan fingerprint density at radius 3 is 1.61 bits per heavy atom. The number of aliphatic imine (C=N–C) groups is 2. The fourth-order valence-electron chi connectivity index (χ4n) is 4.79. The van der Waals surface area contributed by atoms with E-state index in [-0.39, 0.29) is 0 Å². The molecule has 2 nitrogen and oxygen atoms in total. The van der Waals surface area contributed by atoms with Crippen LogP contribution in [0.4, 0.5) is 0 Å². The number of hydrogen-bond donors (Lipinski definition) is 0. The minimum atomic E-state index is 0.832. The van der Waals surface area contributed by atoms with E-state index < -0.39 is 0 Å². The molecule has 0 spiro atoms. The molecule has 0 aromatic heterocycles. The van der Waals surface area contributed by atoms with Crippen LogP contribution in [0.15, 0.2) is 69.4 Å². The molecule has 3 heteroatoms. The minimum absolute atomic E-state index is 0.832. The topological polar surface area (TPSA) is 24.7 Å². The van der Waals surface area contributed by atoms with Crippen LogP contribution < -0.4 is 0 Å². The predicted molar refractivity (Wildman–Crippen MR) is 129 cm³/mol. The van der Waals surface area contributed by atoms with Crippen molar-refractivity contribution in [3.05, 3.63) is 104 Å². The predicted octanol–water partition coefficient (Wildman–Crippen LogP) is 6.28. The Kier molecular flexibility index (Phi) is 5.99. The first-order chi connectivity index (χ1) is 14.8. The number of allylic oxidation sites excluding steroid dienone is 5. The van der Waals surface area contributed by atoms with Gasteiger partial charge >= 0.3 is 196 Å². The van der Waals surface area contributed by atoms with Gasteiger partial charge in [0.2, 0.25) is 0 Å². The maximum atomic E-state index is 5.16. The van der Waals surface area contributed by atoms with Crippen LogP contribution in [0.2, 0.25) is 0 Å². The summed E-state index contributed by atoms with van der Waals surface area (Å²) in [7, 11) is 0. The maximum absolute atomic E-state index is 5.16. The van der Waals surface area contributed by atoms with Crippen molar-refractivity contribution in [2.45, 2.75) is 48.0 Å². The second-order valence-corrected chi connectivity index (χ2v) is 9.17. The van der Waals surface area contributed by atoms with Crippen molar-refractivity contribution < 1.29 is 17.9 Å². The van der Waals surface area contributed by atoms with E-state index in [1.807, 2.05) is 0 Å². The van der Waals surface area contributed by atoms with Gasteiger partial charge in [-0.25, -0.2) is 0 Å². The van der Waals surface area contributed by atoms with Crippen LogP contribution in [-0.2, 0) is 17.9 Å². The van der Waals surface area contributed by atoms with E-state index in [4.69, 9.17) is 9.98 Å². The molecule has 2 aromatic rings. The van der Waals surface area contributed by atoms with Gasteiger partial charge in [-0.1, -0.05) is 0 Å². The Morgan fingerprint density at radius 1 is 0.742 bits per heavy atom. The van der Waals surface area contributed by atoms with Crippen molar-refractivity contribution in [3.8, 4) is 0 Å². The van der Waals surface area contributed by atoms with Gasteiger partial charge in [0.15, 0.2) is 0 Å². The van der Waals surface area contributed by atoms with E-state index in [2.05, 4.69) is 106 Å². The number of rotatable bonds is 3. The Hall–Kier alpha value is -2.51. The number of aryl methyl sites for hydroxylation is 6. The van der Waals surface area contributed by atoms with Gasteiger partial charge in [0.25, 0.3) is 0 Å². The molecule has 0 unspecified atom stereocenters. The van der Waals surface area contributed by atoms with Gasteiger partial charge in [-0.3, -0.25) is 0 Å². The van der Waals surface area contributed by atoms with Crippen molar-refractivity contribution >= 4 is 16.0 Å². The molecule has 0 radical (unpaired) electrons. The fraction of sp³-hybridized carbons (Fsp3) is 0.250. The van der Waals surface area contributed by atoms with E-state index >= 15 is 0 Å². The first-order valence-electron chi connectivity index (χ1n) is 10.7. The van der Waals surface area contributed by atoms with E-state index in [9.17, 15) is 0 Å². The van der Waals surface area contributed by atoms with Gasteiger partial charge in [-0.15, -0.1) is 0 Å². The molecule has 0 saturated carbocycles. The third kappa shape index (κ3) is 4.17. The Balaban J connectivity index is 2.00. The molecule has 0 N–H and O–H groups in total. The first-order valence-corrected chi connectivity index (χ1v) is 11.7. The first kappa shape index (κ1) is 21.7. The van der Waals surface area contributed by atoms with Crippen molar-refractivity contribution in [1.82, 2.24) is 0 Å². The third-order valence-electron chi connectivity index (χ3n) is 5.88. The second-order valence-electron chi connectivity index (χ2n) is 8.67. The van der Waals surface area contributed by atoms with Gasteiger partial charge in [0.05, 0.1) is 0 Å². The van der Waals surface area contributed by atoms with Crippen LogP contribution in [0.5, 0.6) is 0 Å². The van der Waals surface area contributed by atoms with Crippen molar-refractivity contribution in [3.63, 3.8) is 0 Å². The molecule has 0 bridgehead atoms. The van der Waals surface area contributed by atoms with Gasteiger partial charge in [0.1, 0.15) is 0 Å². The molecule has 0 amide bonds. The molecule has 2 aliphatic rings.